The van der Waals surface area contributed by atoms with E-state index >= 15 is 0 Å². The van der Waals surface area contributed by atoms with Gasteiger partial charge in [-0.3, -0.25) is 0 Å². The highest BCUT2D eigenvalue weighted by atomic mass is 32.2. The number of benzene rings is 1. The molecule has 0 spiro atoms. The molecule has 0 saturated heterocycles. The maximum atomic E-state index is 13.7. The number of hydrogen-bond donors (Lipinski definition) is 2. The van der Waals surface area contributed by atoms with E-state index in [1.54, 1.807) is 0 Å². The highest BCUT2D eigenvalue weighted by Gasteiger charge is 2.29. The van der Waals surface area contributed by atoms with Crippen molar-refractivity contribution in [1.29, 1.82) is 0 Å². The SMILES string of the molecule is CCC1CCCCC1NS(=O)(=O)c1cccc(F)c1CN. The molecule has 1 fully saturated rings. The van der Waals surface area contributed by atoms with Gasteiger partial charge in [0, 0.05) is 18.2 Å². The number of halogens is 1. The molecule has 6 heteroatoms. The summed E-state index contributed by atoms with van der Waals surface area (Å²) in [5.74, 6) is -0.223. The Morgan fingerprint density at radius 2 is 2.05 bits per heavy atom. The second-order valence-corrected chi connectivity index (χ2v) is 7.28. The zero-order valence-electron chi connectivity index (χ0n) is 12.3. The molecule has 3 N–H and O–H groups in total. The van der Waals surface area contributed by atoms with Crippen LogP contribution in [0.4, 0.5) is 4.39 Å². The highest BCUT2D eigenvalue weighted by Crippen LogP contribution is 2.28. The van der Waals surface area contributed by atoms with Crippen molar-refractivity contribution in [2.24, 2.45) is 11.7 Å². The summed E-state index contributed by atoms with van der Waals surface area (Å²) in [6.07, 6.45) is 4.99. The molecule has 0 radical (unpaired) electrons. The predicted octanol–water partition coefficient (Wildman–Crippen LogP) is 2.53. The summed E-state index contributed by atoms with van der Waals surface area (Å²) in [4.78, 5) is -0.0366. The molecule has 1 aliphatic carbocycles. The Labute approximate surface area is 126 Å². The van der Waals surface area contributed by atoms with Gasteiger partial charge in [0.2, 0.25) is 10.0 Å². The van der Waals surface area contributed by atoms with Crippen LogP contribution in [0.1, 0.15) is 44.6 Å². The molecule has 0 aromatic heterocycles. The van der Waals surface area contributed by atoms with Crippen LogP contribution < -0.4 is 10.5 Å². The number of nitrogens with one attached hydrogen (secondary N) is 1. The number of nitrogens with two attached hydrogens (primary N) is 1. The van der Waals surface area contributed by atoms with Gasteiger partial charge >= 0.3 is 0 Å². The average molecular weight is 314 g/mol. The van der Waals surface area contributed by atoms with Crippen molar-refractivity contribution in [1.82, 2.24) is 4.72 Å². The topological polar surface area (TPSA) is 72.2 Å². The van der Waals surface area contributed by atoms with Crippen LogP contribution in [0.15, 0.2) is 23.1 Å². The fourth-order valence-electron chi connectivity index (χ4n) is 3.10. The smallest absolute Gasteiger partial charge is 0.241 e. The van der Waals surface area contributed by atoms with Crippen LogP contribution in [-0.4, -0.2) is 14.5 Å². The minimum absolute atomic E-state index is 0.0366. The number of sulfonamides is 1. The molecule has 0 amide bonds. The van der Waals surface area contributed by atoms with Gasteiger partial charge in [0.1, 0.15) is 5.82 Å². The normalized spacial score (nSPS) is 23.2. The van der Waals surface area contributed by atoms with Gasteiger partial charge in [-0.15, -0.1) is 0 Å². The summed E-state index contributed by atoms with van der Waals surface area (Å²) in [5.41, 5.74) is 5.55. The number of rotatable bonds is 5. The summed E-state index contributed by atoms with van der Waals surface area (Å²) in [6.45, 7) is 1.94. The molecule has 2 unspecified atom stereocenters. The predicted molar refractivity (Wildman–Crippen MR) is 80.6 cm³/mol. The third-order valence-electron chi connectivity index (χ3n) is 4.31. The summed E-state index contributed by atoms with van der Waals surface area (Å²) < 4.78 is 41.6. The van der Waals surface area contributed by atoms with Gasteiger partial charge in [0.15, 0.2) is 0 Å². The van der Waals surface area contributed by atoms with E-state index < -0.39 is 15.8 Å². The standard InChI is InChI=1S/C15H23FN2O2S/c1-2-11-6-3-4-8-14(11)18-21(19,20)15-9-5-7-13(16)12(15)10-17/h5,7,9,11,14,18H,2-4,6,8,10,17H2,1H3. The van der Waals surface area contributed by atoms with Gasteiger partial charge < -0.3 is 5.73 Å². The van der Waals surface area contributed by atoms with Gasteiger partial charge in [-0.05, 0) is 30.9 Å². The minimum Gasteiger partial charge on any atom is -0.326 e. The molecule has 0 bridgehead atoms. The molecule has 1 aromatic rings. The molecule has 1 aromatic carbocycles. The molecule has 118 valence electrons. The van der Waals surface area contributed by atoms with Crippen LogP contribution in [-0.2, 0) is 16.6 Å². The van der Waals surface area contributed by atoms with E-state index in [2.05, 4.69) is 11.6 Å². The van der Waals surface area contributed by atoms with Crippen molar-refractivity contribution < 1.29 is 12.8 Å². The maximum absolute atomic E-state index is 13.7. The third-order valence-corrected chi connectivity index (χ3v) is 5.88. The molecule has 2 atom stereocenters. The lowest BCUT2D eigenvalue weighted by atomic mass is 9.83. The van der Waals surface area contributed by atoms with E-state index in [0.29, 0.717) is 5.92 Å². The van der Waals surface area contributed by atoms with Crippen LogP contribution in [0.25, 0.3) is 0 Å². The van der Waals surface area contributed by atoms with E-state index in [9.17, 15) is 12.8 Å². The molecule has 4 nitrogen and oxygen atoms in total. The Bertz CT molecular complexity index is 589. The largest absolute Gasteiger partial charge is 0.326 e. The van der Waals surface area contributed by atoms with Gasteiger partial charge in [0.25, 0.3) is 0 Å². The highest BCUT2D eigenvalue weighted by molar-refractivity contribution is 7.89. The fraction of sp³-hybridized carbons (Fsp3) is 0.600. The number of hydrogen-bond acceptors (Lipinski definition) is 3. The van der Waals surface area contributed by atoms with Crippen molar-refractivity contribution in [2.45, 2.75) is 56.5 Å². The van der Waals surface area contributed by atoms with Gasteiger partial charge in [-0.1, -0.05) is 32.3 Å². The van der Waals surface area contributed by atoms with E-state index in [0.717, 1.165) is 32.1 Å². The molecule has 0 aliphatic heterocycles. The second kappa shape index (κ2) is 6.85. The van der Waals surface area contributed by atoms with Gasteiger partial charge in [-0.25, -0.2) is 17.5 Å². The quantitative estimate of drug-likeness (QED) is 0.877. The van der Waals surface area contributed by atoms with E-state index in [-0.39, 0.29) is 23.0 Å². The fourth-order valence-corrected chi connectivity index (χ4v) is 4.70. The second-order valence-electron chi connectivity index (χ2n) is 5.60. The summed E-state index contributed by atoms with van der Waals surface area (Å²) in [5, 5.41) is 0. The zero-order valence-corrected chi connectivity index (χ0v) is 13.1. The lowest BCUT2D eigenvalue weighted by Gasteiger charge is -2.31. The first-order valence-electron chi connectivity index (χ1n) is 7.49. The Morgan fingerprint density at radius 1 is 1.33 bits per heavy atom. The maximum Gasteiger partial charge on any atom is 0.241 e. The van der Waals surface area contributed by atoms with Crippen LogP contribution in [0.2, 0.25) is 0 Å². The molecule has 2 rings (SSSR count). The van der Waals surface area contributed by atoms with E-state index in [1.165, 1.54) is 18.2 Å². The van der Waals surface area contributed by atoms with E-state index in [4.69, 9.17) is 5.73 Å². The van der Waals surface area contributed by atoms with Crippen LogP contribution in [0.5, 0.6) is 0 Å². The Hall–Kier alpha value is -0.980. The lowest BCUT2D eigenvalue weighted by molar-refractivity contribution is 0.282. The van der Waals surface area contributed by atoms with Crippen molar-refractivity contribution in [3.8, 4) is 0 Å². The monoisotopic (exact) mass is 314 g/mol. The first kappa shape index (κ1) is 16.4. The minimum atomic E-state index is -3.74. The van der Waals surface area contributed by atoms with Crippen LogP contribution in [0, 0.1) is 11.7 Å². The molecule has 1 saturated carbocycles. The third kappa shape index (κ3) is 3.62. The first-order chi connectivity index (χ1) is 9.99. The van der Waals surface area contributed by atoms with Crippen LogP contribution in [0.3, 0.4) is 0 Å². The van der Waals surface area contributed by atoms with Gasteiger partial charge in [-0.2, -0.15) is 0 Å². The summed E-state index contributed by atoms with van der Waals surface area (Å²) >= 11 is 0. The van der Waals surface area contributed by atoms with Crippen molar-refractivity contribution in [3.63, 3.8) is 0 Å². The lowest BCUT2D eigenvalue weighted by Crippen LogP contribution is -2.42. The Morgan fingerprint density at radius 3 is 2.71 bits per heavy atom. The van der Waals surface area contributed by atoms with Gasteiger partial charge in [0.05, 0.1) is 4.90 Å². The summed E-state index contributed by atoms with van der Waals surface area (Å²) in [6, 6.07) is 3.98. The average Bonchev–Trinajstić information content (AvgIpc) is 2.47. The molecule has 1 aliphatic rings. The van der Waals surface area contributed by atoms with Crippen molar-refractivity contribution >= 4 is 10.0 Å². The first-order valence-corrected chi connectivity index (χ1v) is 8.97. The Balaban J connectivity index is 2.28. The Kier molecular flexibility index (Phi) is 5.35. The molecule has 21 heavy (non-hydrogen) atoms. The van der Waals surface area contributed by atoms with E-state index in [1.807, 2.05) is 0 Å². The van der Waals surface area contributed by atoms with Crippen molar-refractivity contribution in [3.05, 3.63) is 29.6 Å². The zero-order chi connectivity index (χ0) is 15.5. The van der Waals surface area contributed by atoms with Crippen LogP contribution >= 0.6 is 0 Å². The molecular formula is C15H23FN2O2S. The summed E-state index contributed by atoms with van der Waals surface area (Å²) in [7, 11) is -3.74. The van der Waals surface area contributed by atoms with Crippen molar-refractivity contribution in [2.75, 3.05) is 0 Å². The molecular weight excluding hydrogens is 291 g/mol. The molecule has 0 heterocycles.